The zero-order valence-corrected chi connectivity index (χ0v) is 12.6. The van der Waals surface area contributed by atoms with Gasteiger partial charge in [0.05, 0.1) is 10.5 Å². The molecule has 24 heavy (non-hydrogen) atoms. The van der Waals surface area contributed by atoms with Gasteiger partial charge in [-0.15, -0.1) is 0 Å². The quantitative estimate of drug-likeness (QED) is 0.825. The van der Waals surface area contributed by atoms with E-state index in [4.69, 9.17) is 5.11 Å². The molecule has 2 aromatic carbocycles. The number of aromatic carboxylic acids is 1. The number of ether oxygens (including phenoxy) is 1. The van der Waals surface area contributed by atoms with Crippen LogP contribution < -0.4 is 9.46 Å². The molecule has 0 bridgehead atoms. The molecule has 0 heterocycles. The van der Waals surface area contributed by atoms with Crippen LogP contribution in [-0.4, -0.2) is 26.1 Å². The maximum absolute atomic E-state index is 13.3. The molecule has 0 aliphatic heterocycles. The Morgan fingerprint density at radius 3 is 2.29 bits per heavy atom. The van der Waals surface area contributed by atoms with Crippen molar-refractivity contribution in [1.29, 1.82) is 0 Å². The number of hydrogen-bond donors (Lipinski definition) is 2. The molecule has 2 N–H and O–H groups in total. The monoisotopic (exact) mass is 361 g/mol. The van der Waals surface area contributed by atoms with Crippen LogP contribution >= 0.6 is 0 Å². The molecule has 2 rings (SSSR count). The van der Waals surface area contributed by atoms with Crippen LogP contribution in [0.2, 0.25) is 0 Å². The third kappa shape index (κ3) is 4.16. The summed E-state index contributed by atoms with van der Waals surface area (Å²) >= 11 is 0. The van der Waals surface area contributed by atoms with Crippen LogP contribution in [0.15, 0.2) is 47.4 Å². The number of carboxylic acid groups (broad SMARTS) is 1. The van der Waals surface area contributed by atoms with E-state index in [0.29, 0.717) is 6.07 Å². The number of alkyl halides is 2. The molecule has 0 radical (unpaired) electrons. The minimum absolute atomic E-state index is 0.0258. The van der Waals surface area contributed by atoms with Crippen LogP contribution in [0.25, 0.3) is 0 Å². The fourth-order valence-corrected chi connectivity index (χ4v) is 2.84. The molecule has 0 aromatic heterocycles. The first-order chi connectivity index (χ1) is 11.2. The molecule has 0 aliphatic carbocycles. The second kappa shape index (κ2) is 6.79. The van der Waals surface area contributed by atoms with Gasteiger partial charge in [0.2, 0.25) is 0 Å². The van der Waals surface area contributed by atoms with Gasteiger partial charge in [0, 0.05) is 5.69 Å². The van der Waals surface area contributed by atoms with Crippen molar-refractivity contribution in [3.05, 3.63) is 53.8 Å². The molecule has 0 fully saturated rings. The van der Waals surface area contributed by atoms with Crippen molar-refractivity contribution in [3.63, 3.8) is 0 Å². The number of nitrogens with one attached hydrogen (secondary N) is 1. The number of hydrogen-bond acceptors (Lipinski definition) is 4. The molecule has 0 amide bonds. The third-order valence-electron chi connectivity index (χ3n) is 2.81. The zero-order chi connectivity index (χ0) is 17.9. The molecule has 0 saturated heterocycles. The number of carboxylic acids is 1. The molecule has 0 unspecified atom stereocenters. The van der Waals surface area contributed by atoms with E-state index in [9.17, 15) is 26.4 Å². The molecule has 0 aliphatic rings. The van der Waals surface area contributed by atoms with Crippen LogP contribution in [0.1, 0.15) is 10.4 Å². The van der Waals surface area contributed by atoms with E-state index in [2.05, 4.69) is 9.46 Å². The molecule has 0 atom stereocenters. The van der Waals surface area contributed by atoms with Crippen LogP contribution in [0.3, 0.4) is 0 Å². The van der Waals surface area contributed by atoms with Crippen molar-refractivity contribution in [2.24, 2.45) is 0 Å². The van der Waals surface area contributed by atoms with E-state index < -0.39 is 38.9 Å². The maximum Gasteiger partial charge on any atom is 0.387 e. The Hall–Kier alpha value is -2.75. The van der Waals surface area contributed by atoms with Crippen LogP contribution in [0.4, 0.5) is 18.9 Å². The van der Waals surface area contributed by atoms with Crippen LogP contribution in [0.5, 0.6) is 5.75 Å². The first kappa shape index (κ1) is 17.6. The number of carbonyl (C=O) groups is 1. The summed E-state index contributed by atoms with van der Waals surface area (Å²) in [4.78, 5) is 10.4. The molecule has 128 valence electrons. The summed E-state index contributed by atoms with van der Waals surface area (Å²) < 4.78 is 68.0. The summed E-state index contributed by atoms with van der Waals surface area (Å²) in [5.74, 6) is -2.85. The van der Waals surface area contributed by atoms with E-state index in [1.807, 2.05) is 0 Å². The van der Waals surface area contributed by atoms with Crippen LogP contribution in [0, 0.1) is 5.82 Å². The molecule has 0 spiro atoms. The van der Waals surface area contributed by atoms with Gasteiger partial charge < -0.3 is 9.84 Å². The van der Waals surface area contributed by atoms with E-state index in [1.54, 1.807) is 0 Å². The number of sulfonamides is 1. The minimum Gasteiger partial charge on any atom is -0.478 e. The van der Waals surface area contributed by atoms with Crippen molar-refractivity contribution >= 4 is 21.7 Å². The van der Waals surface area contributed by atoms with Crippen molar-refractivity contribution in [2.45, 2.75) is 11.5 Å². The smallest absolute Gasteiger partial charge is 0.387 e. The lowest BCUT2D eigenvalue weighted by Crippen LogP contribution is -2.14. The largest absolute Gasteiger partial charge is 0.478 e. The zero-order valence-electron chi connectivity index (χ0n) is 11.7. The first-order valence-corrected chi connectivity index (χ1v) is 7.78. The number of anilines is 1. The maximum atomic E-state index is 13.3. The highest BCUT2D eigenvalue weighted by Gasteiger charge is 2.19. The lowest BCUT2D eigenvalue weighted by molar-refractivity contribution is -0.0498. The van der Waals surface area contributed by atoms with Gasteiger partial charge in [0.25, 0.3) is 10.0 Å². The number of halogens is 3. The predicted molar refractivity (Wildman–Crippen MR) is 77.2 cm³/mol. The third-order valence-corrected chi connectivity index (χ3v) is 4.19. The Labute approximate surface area is 134 Å². The fraction of sp³-hybridized carbons (Fsp3) is 0.0714. The second-order valence-electron chi connectivity index (χ2n) is 4.46. The molecule has 6 nitrogen and oxygen atoms in total. The Morgan fingerprint density at radius 1 is 1.12 bits per heavy atom. The van der Waals surface area contributed by atoms with Crippen LogP contribution in [-0.2, 0) is 10.0 Å². The highest BCUT2D eigenvalue weighted by atomic mass is 32.2. The number of benzene rings is 2. The summed E-state index contributed by atoms with van der Waals surface area (Å²) in [6, 6.07) is 6.90. The molecular formula is C14H10F3NO5S. The lowest BCUT2D eigenvalue weighted by Gasteiger charge is -2.10. The Bertz CT molecular complexity index is 853. The van der Waals surface area contributed by atoms with Gasteiger partial charge in [-0.25, -0.2) is 17.6 Å². The van der Waals surface area contributed by atoms with Crippen molar-refractivity contribution in [3.8, 4) is 5.75 Å². The molecular weight excluding hydrogens is 351 g/mol. The normalized spacial score (nSPS) is 11.3. The molecule has 10 heteroatoms. The van der Waals surface area contributed by atoms with E-state index in [-0.39, 0.29) is 11.4 Å². The van der Waals surface area contributed by atoms with Gasteiger partial charge in [-0.1, -0.05) is 0 Å². The SMILES string of the molecule is O=C(O)c1cc(S(=O)(=O)Nc2ccc(OC(F)F)cc2)ccc1F. The summed E-state index contributed by atoms with van der Waals surface area (Å²) in [5.41, 5.74) is -0.767. The average molecular weight is 361 g/mol. The topological polar surface area (TPSA) is 92.7 Å². The summed E-state index contributed by atoms with van der Waals surface area (Å²) in [5, 5.41) is 8.82. The highest BCUT2D eigenvalue weighted by Crippen LogP contribution is 2.22. The average Bonchev–Trinajstić information content (AvgIpc) is 2.48. The van der Waals surface area contributed by atoms with Crippen molar-refractivity contribution < 1.29 is 36.2 Å². The molecule has 2 aromatic rings. The van der Waals surface area contributed by atoms with Crippen molar-refractivity contribution in [2.75, 3.05) is 4.72 Å². The van der Waals surface area contributed by atoms with E-state index in [1.165, 1.54) is 12.1 Å². The van der Waals surface area contributed by atoms with Gasteiger partial charge in [-0.05, 0) is 42.5 Å². The van der Waals surface area contributed by atoms with Gasteiger partial charge in [0.1, 0.15) is 11.6 Å². The van der Waals surface area contributed by atoms with Gasteiger partial charge >= 0.3 is 12.6 Å². The lowest BCUT2D eigenvalue weighted by atomic mass is 10.2. The Balaban J connectivity index is 2.25. The summed E-state index contributed by atoms with van der Waals surface area (Å²) in [7, 11) is -4.19. The Kier molecular flexibility index (Phi) is 4.98. The van der Waals surface area contributed by atoms with Gasteiger partial charge in [-0.3, -0.25) is 4.72 Å². The first-order valence-electron chi connectivity index (χ1n) is 6.29. The summed E-state index contributed by atoms with van der Waals surface area (Å²) in [6.45, 7) is -3.01. The van der Waals surface area contributed by atoms with Gasteiger partial charge in [0.15, 0.2) is 0 Å². The standard InChI is InChI=1S/C14H10F3NO5S/c15-12-6-5-10(7-11(12)13(19)20)24(21,22)18-8-1-3-9(4-2-8)23-14(16)17/h1-7,14,18H,(H,19,20). The number of rotatable bonds is 6. The summed E-state index contributed by atoms with van der Waals surface area (Å²) in [6.07, 6.45) is 0. The van der Waals surface area contributed by atoms with Crippen molar-refractivity contribution in [1.82, 2.24) is 0 Å². The highest BCUT2D eigenvalue weighted by molar-refractivity contribution is 7.92. The molecule has 0 saturated carbocycles. The second-order valence-corrected chi connectivity index (χ2v) is 6.14. The van der Waals surface area contributed by atoms with Gasteiger partial charge in [-0.2, -0.15) is 8.78 Å². The Morgan fingerprint density at radius 2 is 1.75 bits per heavy atom. The van der Waals surface area contributed by atoms with E-state index >= 15 is 0 Å². The minimum atomic E-state index is -4.19. The van der Waals surface area contributed by atoms with E-state index in [0.717, 1.165) is 24.3 Å². The predicted octanol–water partition coefficient (Wildman–Crippen LogP) is 2.93. The fourth-order valence-electron chi connectivity index (χ4n) is 1.75.